The standard InChI is InChI=1S/C19H12O3/c20-17(9-8-14-5-3-11-21-14)19-12-16-15-6-2-1-4-13(15)7-10-18(16)22-19/h1-12H/b9-8+. The van der Waals surface area contributed by atoms with E-state index in [0.717, 1.165) is 16.2 Å². The molecule has 0 spiro atoms. The van der Waals surface area contributed by atoms with Gasteiger partial charge < -0.3 is 8.83 Å². The van der Waals surface area contributed by atoms with Crippen LogP contribution in [-0.2, 0) is 0 Å². The maximum absolute atomic E-state index is 12.2. The van der Waals surface area contributed by atoms with Crippen LogP contribution in [0.25, 0.3) is 27.8 Å². The Bertz CT molecular complexity index is 988. The lowest BCUT2D eigenvalue weighted by Gasteiger charge is -1.96. The van der Waals surface area contributed by atoms with E-state index in [0.29, 0.717) is 17.1 Å². The van der Waals surface area contributed by atoms with Crippen LogP contribution < -0.4 is 0 Å². The molecule has 3 nitrogen and oxygen atoms in total. The third-order valence-corrected chi connectivity index (χ3v) is 3.61. The van der Waals surface area contributed by atoms with Gasteiger partial charge in [0.25, 0.3) is 0 Å². The van der Waals surface area contributed by atoms with E-state index in [-0.39, 0.29) is 5.78 Å². The van der Waals surface area contributed by atoms with Crippen molar-refractivity contribution < 1.29 is 13.6 Å². The molecule has 4 aromatic rings. The van der Waals surface area contributed by atoms with E-state index in [4.69, 9.17) is 8.83 Å². The molecule has 0 unspecified atom stereocenters. The molecule has 22 heavy (non-hydrogen) atoms. The van der Waals surface area contributed by atoms with Crippen molar-refractivity contribution in [2.45, 2.75) is 0 Å². The Hall–Kier alpha value is -3.07. The lowest BCUT2D eigenvalue weighted by atomic mass is 10.1. The Morgan fingerprint density at radius 2 is 1.86 bits per heavy atom. The Morgan fingerprint density at radius 3 is 2.73 bits per heavy atom. The predicted octanol–water partition coefficient (Wildman–Crippen LogP) is 5.08. The topological polar surface area (TPSA) is 43.4 Å². The number of carbonyl (C=O) groups is 1. The smallest absolute Gasteiger partial charge is 0.221 e. The van der Waals surface area contributed by atoms with E-state index in [1.807, 2.05) is 36.4 Å². The van der Waals surface area contributed by atoms with E-state index in [1.54, 1.807) is 30.5 Å². The molecular weight excluding hydrogens is 276 g/mol. The molecule has 0 N–H and O–H groups in total. The van der Waals surface area contributed by atoms with E-state index in [2.05, 4.69) is 0 Å². The van der Waals surface area contributed by atoms with Gasteiger partial charge in [-0.3, -0.25) is 4.79 Å². The molecule has 0 atom stereocenters. The molecule has 0 aliphatic heterocycles. The molecule has 0 fully saturated rings. The van der Waals surface area contributed by atoms with Crippen LogP contribution in [0.4, 0.5) is 0 Å². The van der Waals surface area contributed by atoms with E-state index < -0.39 is 0 Å². The zero-order valence-electron chi connectivity index (χ0n) is 11.7. The summed E-state index contributed by atoms with van der Waals surface area (Å²) < 4.78 is 10.8. The summed E-state index contributed by atoms with van der Waals surface area (Å²) in [7, 11) is 0. The number of benzene rings is 2. The Kier molecular flexibility index (Phi) is 2.90. The van der Waals surface area contributed by atoms with Gasteiger partial charge in [-0.05, 0) is 47.2 Å². The van der Waals surface area contributed by atoms with Gasteiger partial charge in [0, 0.05) is 5.39 Å². The normalized spacial score (nSPS) is 11.6. The van der Waals surface area contributed by atoms with Gasteiger partial charge in [-0.2, -0.15) is 0 Å². The molecule has 3 heteroatoms. The monoisotopic (exact) mass is 288 g/mol. The van der Waals surface area contributed by atoms with Crippen molar-refractivity contribution in [1.82, 2.24) is 0 Å². The quantitative estimate of drug-likeness (QED) is 0.390. The maximum atomic E-state index is 12.2. The van der Waals surface area contributed by atoms with E-state index in [1.165, 1.54) is 6.08 Å². The highest BCUT2D eigenvalue weighted by Gasteiger charge is 2.11. The number of hydrogen-bond donors (Lipinski definition) is 0. The number of fused-ring (bicyclic) bond motifs is 3. The van der Waals surface area contributed by atoms with Crippen molar-refractivity contribution in [3.05, 3.63) is 78.5 Å². The van der Waals surface area contributed by atoms with Gasteiger partial charge in [0.15, 0.2) is 5.76 Å². The summed E-state index contributed by atoms with van der Waals surface area (Å²) in [6.45, 7) is 0. The molecule has 0 amide bonds. The first-order valence-electron chi connectivity index (χ1n) is 6.98. The van der Waals surface area contributed by atoms with Crippen molar-refractivity contribution in [2.24, 2.45) is 0 Å². The number of allylic oxidation sites excluding steroid dienone is 1. The van der Waals surface area contributed by atoms with Crippen molar-refractivity contribution >= 4 is 33.6 Å². The third-order valence-electron chi connectivity index (χ3n) is 3.61. The fourth-order valence-corrected chi connectivity index (χ4v) is 2.54. The van der Waals surface area contributed by atoms with Crippen molar-refractivity contribution in [3.63, 3.8) is 0 Å². The first kappa shape index (κ1) is 12.7. The number of hydrogen-bond acceptors (Lipinski definition) is 3. The van der Waals surface area contributed by atoms with Gasteiger partial charge in [-0.15, -0.1) is 0 Å². The SMILES string of the molecule is O=C(/C=C/c1ccco1)c1cc2c(ccc3ccccc32)o1. The van der Waals surface area contributed by atoms with Crippen LogP contribution >= 0.6 is 0 Å². The average Bonchev–Trinajstić information content (AvgIpc) is 3.21. The summed E-state index contributed by atoms with van der Waals surface area (Å²) in [6, 6.07) is 17.3. The van der Waals surface area contributed by atoms with Gasteiger partial charge in [0.2, 0.25) is 5.78 Å². The van der Waals surface area contributed by atoms with Gasteiger partial charge in [0.1, 0.15) is 11.3 Å². The zero-order chi connectivity index (χ0) is 14.9. The second-order valence-corrected chi connectivity index (χ2v) is 5.02. The molecule has 2 aromatic carbocycles. The van der Waals surface area contributed by atoms with Crippen LogP contribution in [0.1, 0.15) is 16.3 Å². The molecule has 2 heterocycles. The predicted molar refractivity (Wildman–Crippen MR) is 85.8 cm³/mol. The van der Waals surface area contributed by atoms with Crippen LogP contribution in [-0.4, -0.2) is 5.78 Å². The molecule has 2 aromatic heterocycles. The van der Waals surface area contributed by atoms with Crippen molar-refractivity contribution in [3.8, 4) is 0 Å². The Labute approximate surface area is 126 Å². The zero-order valence-corrected chi connectivity index (χ0v) is 11.7. The Morgan fingerprint density at radius 1 is 0.955 bits per heavy atom. The summed E-state index contributed by atoms with van der Waals surface area (Å²) in [6.07, 6.45) is 4.66. The second kappa shape index (κ2) is 5.04. The fourth-order valence-electron chi connectivity index (χ4n) is 2.54. The summed E-state index contributed by atoms with van der Waals surface area (Å²) in [5.74, 6) is 0.778. The fraction of sp³-hybridized carbons (Fsp3) is 0. The van der Waals surface area contributed by atoms with Gasteiger partial charge in [-0.1, -0.05) is 30.3 Å². The largest absolute Gasteiger partial charge is 0.465 e. The Balaban J connectivity index is 1.76. The van der Waals surface area contributed by atoms with Crippen LogP contribution in [0.3, 0.4) is 0 Å². The van der Waals surface area contributed by atoms with Gasteiger partial charge in [-0.25, -0.2) is 0 Å². The second-order valence-electron chi connectivity index (χ2n) is 5.02. The lowest BCUT2D eigenvalue weighted by molar-refractivity contribution is 0.102. The first-order chi connectivity index (χ1) is 10.8. The summed E-state index contributed by atoms with van der Waals surface area (Å²) in [4.78, 5) is 12.2. The highest BCUT2D eigenvalue weighted by molar-refractivity contribution is 6.11. The number of carbonyl (C=O) groups excluding carboxylic acids is 1. The minimum atomic E-state index is -0.184. The number of ketones is 1. The molecule has 106 valence electrons. The molecule has 0 aliphatic rings. The highest BCUT2D eigenvalue weighted by atomic mass is 16.3. The average molecular weight is 288 g/mol. The van der Waals surface area contributed by atoms with Crippen molar-refractivity contribution in [1.29, 1.82) is 0 Å². The van der Waals surface area contributed by atoms with Gasteiger partial charge in [0.05, 0.1) is 6.26 Å². The van der Waals surface area contributed by atoms with E-state index >= 15 is 0 Å². The molecular formula is C19H12O3. The molecule has 4 rings (SSSR count). The maximum Gasteiger partial charge on any atom is 0.221 e. The molecule has 0 radical (unpaired) electrons. The third kappa shape index (κ3) is 2.13. The van der Waals surface area contributed by atoms with E-state index in [9.17, 15) is 4.79 Å². The van der Waals surface area contributed by atoms with Crippen LogP contribution in [0.5, 0.6) is 0 Å². The summed E-state index contributed by atoms with van der Waals surface area (Å²) >= 11 is 0. The minimum Gasteiger partial charge on any atom is -0.465 e. The van der Waals surface area contributed by atoms with Gasteiger partial charge >= 0.3 is 0 Å². The molecule has 0 bridgehead atoms. The first-order valence-corrected chi connectivity index (χ1v) is 6.98. The van der Waals surface area contributed by atoms with Crippen LogP contribution in [0, 0.1) is 0 Å². The lowest BCUT2D eigenvalue weighted by Crippen LogP contribution is -1.89. The van der Waals surface area contributed by atoms with Crippen LogP contribution in [0.15, 0.2) is 75.8 Å². The molecule has 0 saturated heterocycles. The minimum absolute atomic E-state index is 0.184. The molecule has 0 aliphatic carbocycles. The number of rotatable bonds is 3. The highest BCUT2D eigenvalue weighted by Crippen LogP contribution is 2.28. The molecule has 0 saturated carbocycles. The van der Waals surface area contributed by atoms with Crippen molar-refractivity contribution in [2.75, 3.05) is 0 Å². The van der Waals surface area contributed by atoms with Crippen LogP contribution in [0.2, 0.25) is 0 Å². The number of furan rings is 2. The summed E-state index contributed by atoms with van der Waals surface area (Å²) in [5.41, 5.74) is 0.716. The summed E-state index contributed by atoms with van der Waals surface area (Å²) in [5, 5.41) is 3.16.